The smallest absolute Gasteiger partial charge is 0.205 e. The van der Waals surface area contributed by atoms with E-state index in [1.165, 1.54) is 10.8 Å². The molecule has 68 valence electrons. The number of allylic oxidation sites excluding steroid dienone is 2. The van der Waals surface area contributed by atoms with Crippen molar-refractivity contribution in [3.05, 3.63) is 23.0 Å². The summed E-state index contributed by atoms with van der Waals surface area (Å²) in [5.74, 6) is 0. The van der Waals surface area contributed by atoms with Gasteiger partial charge in [0.1, 0.15) is 0 Å². The zero-order valence-corrected chi connectivity index (χ0v) is 10.7. The first kappa shape index (κ1) is 9.96. The van der Waals surface area contributed by atoms with E-state index in [1.54, 1.807) is 0 Å². The molecule has 1 nitrogen and oxygen atoms in total. The molecule has 0 saturated heterocycles. The summed E-state index contributed by atoms with van der Waals surface area (Å²) in [5.41, 5.74) is 3.56. The average molecular weight is 198 g/mol. The second kappa shape index (κ2) is 2.68. The van der Waals surface area contributed by atoms with Gasteiger partial charge in [0.25, 0.3) is 0 Å². The van der Waals surface area contributed by atoms with Crippen LogP contribution in [-0.2, 0) is 4.12 Å². The van der Waals surface area contributed by atoms with Crippen LogP contribution in [0.15, 0.2) is 23.0 Å². The van der Waals surface area contributed by atoms with Gasteiger partial charge in [0.05, 0.1) is 0 Å². The topological polar surface area (TPSA) is 9.23 Å². The Morgan fingerprint density at radius 3 is 2.00 bits per heavy atom. The van der Waals surface area contributed by atoms with Crippen LogP contribution in [-0.4, -0.2) is 16.6 Å². The highest BCUT2D eigenvalue weighted by molar-refractivity contribution is 6.96. The zero-order valence-electron chi connectivity index (χ0n) is 8.69. The van der Waals surface area contributed by atoms with Gasteiger partial charge in [-0.1, -0.05) is 17.9 Å². The van der Waals surface area contributed by atoms with Gasteiger partial charge >= 0.3 is 0 Å². The van der Waals surface area contributed by atoms with Crippen LogP contribution >= 0.6 is 0 Å². The lowest BCUT2D eigenvalue weighted by Crippen LogP contribution is -2.37. The van der Waals surface area contributed by atoms with E-state index >= 15 is 0 Å². The largest absolute Gasteiger partial charge is 0.449 e. The highest BCUT2D eigenvalue weighted by Gasteiger charge is 2.41. The maximum Gasteiger partial charge on any atom is 0.205 e. The third-order valence-electron chi connectivity index (χ3n) is 2.12. The molecule has 0 radical (unpaired) electrons. The maximum atomic E-state index is 6.13. The van der Waals surface area contributed by atoms with Gasteiger partial charge in [-0.15, -0.1) is 0 Å². The molecule has 1 heterocycles. The first-order valence-electron chi connectivity index (χ1n) is 4.34. The van der Waals surface area contributed by atoms with Crippen molar-refractivity contribution < 1.29 is 4.12 Å². The summed E-state index contributed by atoms with van der Waals surface area (Å²) in [7, 11) is -3.01. The minimum Gasteiger partial charge on any atom is -0.449 e. The monoisotopic (exact) mass is 198 g/mol. The van der Waals surface area contributed by atoms with Gasteiger partial charge in [-0.25, -0.2) is 0 Å². The molecule has 0 unspecified atom stereocenters. The van der Waals surface area contributed by atoms with E-state index in [9.17, 15) is 0 Å². The summed E-state index contributed by atoms with van der Waals surface area (Å²) in [4.78, 5) is 0. The average Bonchev–Trinajstić information content (AvgIpc) is 1.99. The predicted octanol–water partition coefficient (Wildman–Crippen LogP) is 3.01. The Bertz CT molecular complexity index is 251. The van der Waals surface area contributed by atoms with Gasteiger partial charge in [-0.2, -0.15) is 0 Å². The molecule has 1 aliphatic rings. The Labute approximate surface area is 77.4 Å². The van der Waals surface area contributed by atoms with E-state index < -0.39 is 16.6 Å². The molecule has 1 rings (SSSR count). The fourth-order valence-electron chi connectivity index (χ4n) is 1.90. The molecule has 3 heteroatoms. The minimum absolute atomic E-state index is 1.20. The lowest BCUT2D eigenvalue weighted by molar-refractivity contribution is 0.578. The van der Waals surface area contributed by atoms with Crippen LogP contribution in [0.25, 0.3) is 0 Å². The fourth-order valence-corrected chi connectivity index (χ4v) is 12.2. The molecule has 0 fully saturated rings. The molecule has 1 aliphatic heterocycles. The van der Waals surface area contributed by atoms with E-state index in [0.717, 1.165) is 0 Å². The van der Waals surface area contributed by atoms with Gasteiger partial charge < -0.3 is 4.12 Å². The molecule has 0 aromatic carbocycles. The Morgan fingerprint density at radius 1 is 1.33 bits per heavy atom. The van der Waals surface area contributed by atoms with Crippen LogP contribution in [0.5, 0.6) is 0 Å². The number of rotatable bonds is 1. The molecule has 0 aliphatic carbocycles. The second-order valence-electron chi connectivity index (χ2n) is 4.55. The van der Waals surface area contributed by atoms with Crippen molar-refractivity contribution in [1.29, 1.82) is 0 Å². The second-order valence-corrected chi connectivity index (χ2v) is 12.4. The van der Waals surface area contributed by atoms with Gasteiger partial charge in [-0.3, -0.25) is 0 Å². The first-order chi connectivity index (χ1) is 5.25. The standard InChI is InChI=1S/C9H18OSi2/c1-8(2)9-7-11(3,4)10-12(9,5)6/h7H,1H2,2-6H3. The van der Waals surface area contributed by atoms with Crippen LogP contribution in [0.3, 0.4) is 0 Å². The molecular formula is C9H18OSi2. The number of hydrogen-bond donors (Lipinski definition) is 0. The molecule has 0 saturated carbocycles. The Kier molecular flexibility index (Phi) is 2.23. The Morgan fingerprint density at radius 2 is 1.83 bits per heavy atom. The quantitative estimate of drug-likeness (QED) is 0.589. The molecule has 0 atom stereocenters. The third-order valence-corrected chi connectivity index (χ3v) is 9.41. The van der Waals surface area contributed by atoms with Crippen LogP contribution in [0, 0.1) is 0 Å². The summed E-state index contributed by atoms with van der Waals surface area (Å²) in [6.07, 6.45) is 0. The van der Waals surface area contributed by atoms with Crippen molar-refractivity contribution in [2.45, 2.75) is 33.1 Å². The molecule has 0 aromatic rings. The maximum absolute atomic E-state index is 6.13. The van der Waals surface area contributed by atoms with Crippen molar-refractivity contribution in [2.24, 2.45) is 0 Å². The van der Waals surface area contributed by atoms with E-state index in [-0.39, 0.29) is 0 Å². The summed E-state index contributed by atoms with van der Waals surface area (Å²) < 4.78 is 6.13. The molecule has 0 amide bonds. The summed E-state index contributed by atoms with van der Waals surface area (Å²) in [6, 6.07) is 0. The molecular weight excluding hydrogens is 180 g/mol. The zero-order chi connectivity index (χ0) is 9.57. The third kappa shape index (κ3) is 1.78. The lowest BCUT2D eigenvalue weighted by Gasteiger charge is -2.24. The SMILES string of the molecule is C=C(C)C1=C[Si](C)(C)O[Si]1(C)C. The number of hydrogen-bond acceptors (Lipinski definition) is 1. The summed E-state index contributed by atoms with van der Waals surface area (Å²) in [5, 5.41) is 1.43. The van der Waals surface area contributed by atoms with E-state index in [4.69, 9.17) is 4.12 Å². The van der Waals surface area contributed by atoms with Crippen LogP contribution in [0.2, 0.25) is 26.2 Å². The highest BCUT2D eigenvalue weighted by Crippen LogP contribution is 2.34. The summed E-state index contributed by atoms with van der Waals surface area (Å²) >= 11 is 0. The molecule has 0 bridgehead atoms. The van der Waals surface area contributed by atoms with Crippen LogP contribution in [0.1, 0.15) is 6.92 Å². The van der Waals surface area contributed by atoms with Crippen molar-refractivity contribution in [3.8, 4) is 0 Å². The molecule has 0 aromatic heterocycles. The Balaban J connectivity index is 3.04. The van der Waals surface area contributed by atoms with E-state index in [0.29, 0.717) is 0 Å². The minimum atomic E-state index is -1.54. The van der Waals surface area contributed by atoms with Gasteiger partial charge in [-0.05, 0) is 38.3 Å². The van der Waals surface area contributed by atoms with Crippen LogP contribution < -0.4 is 0 Å². The molecule has 0 N–H and O–H groups in total. The predicted molar refractivity (Wildman–Crippen MR) is 58.9 cm³/mol. The lowest BCUT2D eigenvalue weighted by atomic mass is 10.3. The first-order valence-corrected chi connectivity index (χ1v) is 10.2. The van der Waals surface area contributed by atoms with Crippen molar-refractivity contribution in [3.63, 3.8) is 0 Å². The van der Waals surface area contributed by atoms with E-state index in [2.05, 4.69) is 45.4 Å². The highest BCUT2D eigenvalue weighted by atomic mass is 28.4. The van der Waals surface area contributed by atoms with Gasteiger partial charge in [0.15, 0.2) is 8.32 Å². The van der Waals surface area contributed by atoms with Crippen molar-refractivity contribution in [2.75, 3.05) is 0 Å². The summed E-state index contributed by atoms with van der Waals surface area (Å²) in [6.45, 7) is 15.1. The van der Waals surface area contributed by atoms with E-state index in [1.807, 2.05) is 0 Å². The van der Waals surface area contributed by atoms with Crippen molar-refractivity contribution >= 4 is 16.6 Å². The normalized spacial score (nSPS) is 25.2. The Hall–Kier alpha value is -0.126. The van der Waals surface area contributed by atoms with Gasteiger partial charge in [0.2, 0.25) is 8.32 Å². The molecule has 12 heavy (non-hydrogen) atoms. The van der Waals surface area contributed by atoms with Gasteiger partial charge in [0, 0.05) is 0 Å². The van der Waals surface area contributed by atoms with Crippen LogP contribution in [0.4, 0.5) is 0 Å². The van der Waals surface area contributed by atoms with Crippen molar-refractivity contribution in [1.82, 2.24) is 0 Å². The molecule has 0 spiro atoms. The fraction of sp³-hybridized carbons (Fsp3) is 0.556.